The maximum atomic E-state index is 12.1. The average molecular weight is 428 g/mol. The summed E-state index contributed by atoms with van der Waals surface area (Å²) in [5.74, 6) is -3.69. The summed E-state index contributed by atoms with van der Waals surface area (Å²) in [6.07, 6.45) is 11.3. The molecule has 0 aliphatic rings. The third kappa shape index (κ3) is 7.74. The van der Waals surface area contributed by atoms with Crippen LogP contribution >= 0.6 is 0 Å². The molecule has 0 aromatic rings. The van der Waals surface area contributed by atoms with Gasteiger partial charge in [0.25, 0.3) is 0 Å². The zero-order chi connectivity index (χ0) is 23.2. The first-order valence-corrected chi connectivity index (χ1v) is 11.4. The van der Waals surface area contributed by atoms with Gasteiger partial charge in [0, 0.05) is 19.3 Å². The second-order valence-corrected chi connectivity index (χ2v) is 7.95. The number of nitrogens with zero attached hydrogens (tertiary/aromatic N) is 1. The summed E-state index contributed by atoms with van der Waals surface area (Å²) in [6.45, 7) is 7.33. The van der Waals surface area contributed by atoms with Crippen LogP contribution in [-0.4, -0.2) is 57.3 Å². The second kappa shape index (κ2) is 15.0. The average Bonchev–Trinajstić information content (AvgIpc) is 2.67. The van der Waals surface area contributed by atoms with Gasteiger partial charge in [-0.3, -0.25) is 4.48 Å². The first-order valence-electron chi connectivity index (χ1n) is 11.4. The van der Waals surface area contributed by atoms with Crippen LogP contribution in [-0.2, 0) is 14.4 Å². The number of carbonyl (C=O) groups is 3. The van der Waals surface area contributed by atoms with Crippen molar-refractivity contribution in [2.75, 3.05) is 6.54 Å². The van der Waals surface area contributed by atoms with Gasteiger partial charge in [-0.05, 0) is 32.1 Å². The molecule has 0 aromatic heterocycles. The van der Waals surface area contributed by atoms with Gasteiger partial charge in [-0.25, -0.2) is 9.59 Å². The molecule has 7 nitrogen and oxygen atoms in total. The zero-order valence-corrected chi connectivity index (χ0v) is 19.1. The Labute approximate surface area is 181 Å². The Morgan fingerprint density at radius 3 is 1.63 bits per heavy atom. The Kier molecular flexibility index (Phi) is 14.0. The number of carboxylic acid groups (broad SMARTS) is 3. The minimum Gasteiger partial charge on any atom is -0.544 e. The molecule has 0 bridgehead atoms. The highest BCUT2D eigenvalue weighted by atomic mass is 16.4. The smallest absolute Gasteiger partial charge is 0.362 e. The van der Waals surface area contributed by atoms with Crippen LogP contribution in [0.4, 0.5) is 0 Å². The van der Waals surface area contributed by atoms with E-state index in [0.29, 0.717) is 6.42 Å². The number of rotatable bonds is 18. The summed E-state index contributed by atoms with van der Waals surface area (Å²) in [4.78, 5) is 36.2. The lowest BCUT2D eigenvalue weighted by atomic mass is 9.94. The van der Waals surface area contributed by atoms with E-state index in [0.717, 1.165) is 38.5 Å². The van der Waals surface area contributed by atoms with Gasteiger partial charge in [0.05, 0.1) is 12.5 Å². The van der Waals surface area contributed by atoms with Crippen molar-refractivity contribution in [3.63, 3.8) is 0 Å². The van der Waals surface area contributed by atoms with E-state index < -0.39 is 40.5 Å². The molecule has 0 aliphatic heterocycles. The van der Waals surface area contributed by atoms with Crippen LogP contribution in [0.3, 0.4) is 0 Å². The predicted molar refractivity (Wildman–Crippen MR) is 115 cm³/mol. The number of quaternary nitrogens is 1. The number of unbranched alkanes of at least 4 members (excludes halogenated alkanes) is 5. The fourth-order valence-corrected chi connectivity index (χ4v) is 4.67. The van der Waals surface area contributed by atoms with E-state index in [2.05, 4.69) is 19.1 Å². The minimum atomic E-state index is -1.38. The van der Waals surface area contributed by atoms with Crippen molar-refractivity contribution in [3.8, 4) is 0 Å². The largest absolute Gasteiger partial charge is 0.544 e. The lowest BCUT2D eigenvalue weighted by Gasteiger charge is -2.51. The molecule has 0 fully saturated rings. The lowest BCUT2D eigenvalue weighted by molar-refractivity contribution is -0.974. The molecule has 0 amide bonds. The van der Waals surface area contributed by atoms with Gasteiger partial charge in [-0.1, -0.05) is 52.7 Å². The molecule has 0 saturated heterocycles. The van der Waals surface area contributed by atoms with E-state index >= 15 is 0 Å². The Hall–Kier alpha value is -1.89. The third-order valence-corrected chi connectivity index (χ3v) is 6.03. The molecule has 7 heteroatoms. The number of carboxylic acids is 3. The molecule has 3 unspecified atom stereocenters. The van der Waals surface area contributed by atoms with Gasteiger partial charge < -0.3 is 20.1 Å². The summed E-state index contributed by atoms with van der Waals surface area (Å²) >= 11 is 0. The van der Waals surface area contributed by atoms with Crippen molar-refractivity contribution >= 4 is 17.9 Å². The van der Waals surface area contributed by atoms with Crippen LogP contribution in [0, 0.1) is 0 Å². The topological polar surface area (TPSA) is 115 Å². The van der Waals surface area contributed by atoms with Crippen molar-refractivity contribution in [2.45, 2.75) is 110 Å². The summed E-state index contributed by atoms with van der Waals surface area (Å²) in [5.41, 5.74) is 0. The Balaban J connectivity index is 5.65. The quantitative estimate of drug-likeness (QED) is 0.197. The molecule has 0 heterocycles. The Bertz CT molecular complexity index is 505. The van der Waals surface area contributed by atoms with E-state index in [-0.39, 0.29) is 25.8 Å². The van der Waals surface area contributed by atoms with Gasteiger partial charge in [0.1, 0.15) is 6.04 Å². The summed E-state index contributed by atoms with van der Waals surface area (Å²) in [5, 5.41) is 31.8. The lowest BCUT2D eigenvalue weighted by Crippen LogP contribution is -2.73. The fourth-order valence-electron chi connectivity index (χ4n) is 4.67. The molecule has 174 valence electrons. The van der Waals surface area contributed by atoms with Crippen LogP contribution in [0.1, 0.15) is 91.9 Å². The van der Waals surface area contributed by atoms with Crippen LogP contribution in [0.5, 0.6) is 0 Å². The molecule has 0 radical (unpaired) electrons. The van der Waals surface area contributed by atoms with E-state index in [9.17, 15) is 29.7 Å². The molecule has 30 heavy (non-hydrogen) atoms. The number of hydrogen-bond donors (Lipinski definition) is 2. The van der Waals surface area contributed by atoms with E-state index in [1.165, 1.54) is 0 Å². The number of carbonyl (C=O) groups excluding carboxylic acids is 1. The molecule has 0 spiro atoms. The monoisotopic (exact) mass is 427 g/mol. The first kappa shape index (κ1) is 28.1. The van der Waals surface area contributed by atoms with Gasteiger partial charge >= 0.3 is 11.9 Å². The van der Waals surface area contributed by atoms with Crippen LogP contribution < -0.4 is 5.11 Å². The Morgan fingerprint density at radius 1 is 0.767 bits per heavy atom. The first-order chi connectivity index (χ1) is 14.2. The van der Waals surface area contributed by atoms with Gasteiger partial charge in [-0.2, -0.15) is 0 Å². The molecule has 0 aromatic carbocycles. The van der Waals surface area contributed by atoms with E-state index in [4.69, 9.17) is 0 Å². The summed E-state index contributed by atoms with van der Waals surface area (Å²) in [7, 11) is 0. The number of aliphatic carboxylic acids is 3. The highest BCUT2D eigenvalue weighted by Crippen LogP contribution is 2.32. The van der Waals surface area contributed by atoms with Crippen LogP contribution in [0.2, 0.25) is 0 Å². The van der Waals surface area contributed by atoms with Gasteiger partial charge in [-0.15, -0.1) is 0 Å². The van der Waals surface area contributed by atoms with Crippen LogP contribution in [0.15, 0.2) is 12.2 Å². The SMILES string of the molecule is CCC/C=C/CCCCCC[N+](C(CC)C(=O)[O-])(C(CC)C(=O)O)C(CC)C(=O)O. The van der Waals surface area contributed by atoms with E-state index in [1.54, 1.807) is 20.8 Å². The summed E-state index contributed by atoms with van der Waals surface area (Å²) < 4.78 is -0.479. The van der Waals surface area contributed by atoms with Crippen LogP contribution in [0.25, 0.3) is 0 Å². The third-order valence-electron chi connectivity index (χ3n) is 6.03. The number of allylic oxidation sites excluding steroid dienone is 2. The maximum absolute atomic E-state index is 12.1. The maximum Gasteiger partial charge on any atom is 0.362 e. The number of hydrogen-bond acceptors (Lipinski definition) is 4. The zero-order valence-electron chi connectivity index (χ0n) is 19.1. The molecule has 0 rings (SSSR count). The fraction of sp³-hybridized carbons (Fsp3) is 0.783. The van der Waals surface area contributed by atoms with Crippen molar-refractivity contribution in [2.24, 2.45) is 0 Å². The summed E-state index contributed by atoms with van der Waals surface area (Å²) in [6, 6.07) is -3.39. The molecule has 0 saturated carbocycles. The molecule has 3 atom stereocenters. The minimum absolute atomic E-state index is 0.123. The molecule has 2 N–H and O–H groups in total. The standard InChI is InChI=1S/C23H41NO6/c1-5-9-10-11-12-13-14-15-16-17-24(18(6-2)21(25)26,19(7-3)22(27)28)20(8-4)23(29)30/h10-11,18-20H,5-9,12-17H2,1-4H3,(H2-,25,26,27,28,29,30)/b11-10+. The highest BCUT2D eigenvalue weighted by Gasteiger charge is 2.53. The van der Waals surface area contributed by atoms with E-state index in [1.807, 2.05) is 0 Å². The highest BCUT2D eigenvalue weighted by molar-refractivity contribution is 5.77. The molecular weight excluding hydrogens is 386 g/mol. The van der Waals surface area contributed by atoms with Crippen molar-refractivity contribution in [1.29, 1.82) is 0 Å². The van der Waals surface area contributed by atoms with Crippen molar-refractivity contribution in [3.05, 3.63) is 12.2 Å². The van der Waals surface area contributed by atoms with Crippen molar-refractivity contribution < 1.29 is 34.2 Å². The predicted octanol–water partition coefficient (Wildman–Crippen LogP) is 3.36. The molecule has 0 aliphatic carbocycles. The molecular formula is C23H41NO6. The van der Waals surface area contributed by atoms with Crippen molar-refractivity contribution in [1.82, 2.24) is 0 Å². The van der Waals surface area contributed by atoms with Gasteiger partial charge in [0.15, 0.2) is 12.1 Å². The van der Waals surface area contributed by atoms with Gasteiger partial charge in [0.2, 0.25) is 0 Å². The Morgan fingerprint density at radius 2 is 1.23 bits per heavy atom. The second-order valence-electron chi connectivity index (χ2n) is 7.95. The normalized spacial score (nSPS) is 16.7.